The summed E-state index contributed by atoms with van der Waals surface area (Å²) in [6.07, 6.45) is -7.73. The third-order valence-corrected chi connectivity index (χ3v) is 4.60. The molecule has 19 heteroatoms. The molecule has 0 bridgehead atoms. The van der Waals surface area contributed by atoms with Crippen LogP contribution in [0.2, 0.25) is 0 Å². The van der Waals surface area contributed by atoms with Gasteiger partial charge in [0.1, 0.15) is 0 Å². The summed E-state index contributed by atoms with van der Waals surface area (Å²) in [7, 11) is 0. The molecule has 1 N–H and O–H groups in total. The van der Waals surface area contributed by atoms with Gasteiger partial charge in [-0.1, -0.05) is 19.1 Å². The average molecular weight is 567 g/mol. The van der Waals surface area contributed by atoms with Gasteiger partial charge in [0.05, 0.1) is 0 Å². The molecule has 0 unspecified atom stereocenters. The Bertz CT molecular complexity index is 966. The Labute approximate surface area is 188 Å². The van der Waals surface area contributed by atoms with Crippen molar-refractivity contribution < 1.29 is 79.4 Å². The molecule has 0 spiro atoms. The van der Waals surface area contributed by atoms with Crippen LogP contribution in [0.4, 0.5) is 80.3 Å². The molecule has 1 aromatic rings. The van der Waals surface area contributed by atoms with Gasteiger partial charge in [0.2, 0.25) is 0 Å². The summed E-state index contributed by atoms with van der Waals surface area (Å²) in [6.45, 7) is 1.44. The first kappa shape index (κ1) is 31.5. The standard InChI is InChI=1S/C17H10F17NO/c1-2-7-4-3-5-8(6-7)35-9(36)10(18,19)11(20,21)12(22,23)13(24,25)14(26,27)15(28,29)16(30,31)17(32,33)34/h3-6H,2H2,1H3,(H,35,36). The predicted octanol–water partition coefficient (Wildman–Crippen LogP) is 7.20. The third-order valence-electron chi connectivity index (χ3n) is 4.60. The number of rotatable bonds is 9. The SMILES string of the molecule is CCc1cccc(NC(=O)C(F)(F)C(F)(F)C(F)(F)C(F)(F)C(F)(F)C(F)(F)C(F)(F)C(F)(F)F)c1. The number of aryl methyl sites for hydroxylation is 1. The van der Waals surface area contributed by atoms with Crippen molar-refractivity contribution >= 4 is 11.6 Å². The second kappa shape index (κ2) is 8.81. The van der Waals surface area contributed by atoms with Crippen LogP contribution in [-0.2, 0) is 11.2 Å². The van der Waals surface area contributed by atoms with E-state index in [1.165, 1.54) is 13.0 Å². The van der Waals surface area contributed by atoms with Crippen LogP contribution in [0.15, 0.2) is 24.3 Å². The first-order chi connectivity index (χ1) is 15.7. The van der Waals surface area contributed by atoms with Crippen LogP contribution in [0, 0.1) is 0 Å². The summed E-state index contributed by atoms with van der Waals surface area (Å²) in [6, 6.07) is 3.69. The van der Waals surface area contributed by atoms with Gasteiger partial charge >= 0.3 is 53.5 Å². The topological polar surface area (TPSA) is 29.1 Å². The molecule has 0 atom stereocenters. The van der Waals surface area contributed by atoms with Crippen LogP contribution >= 0.6 is 0 Å². The highest BCUT2D eigenvalue weighted by Crippen LogP contribution is 2.64. The van der Waals surface area contributed by atoms with E-state index in [1.807, 2.05) is 0 Å². The molecular formula is C17H10F17NO. The minimum absolute atomic E-state index is 0.104. The van der Waals surface area contributed by atoms with E-state index in [1.54, 1.807) is 0 Å². The molecular weight excluding hydrogens is 557 g/mol. The van der Waals surface area contributed by atoms with Crippen LogP contribution < -0.4 is 5.32 Å². The molecule has 1 aromatic carbocycles. The Kier molecular flexibility index (Phi) is 7.72. The summed E-state index contributed by atoms with van der Waals surface area (Å²) >= 11 is 0. The van der Waals surface area contributed by atoms with Crippen molar-refractivity contribution in [1.29, 1.82) is 0 Å². The molecule has 0 aromatic heterocycles. The van der Waals surface area contributed by atoms with Gasteiger partial charge < -0.3 is 5.32 Å². The number of benzene rings is 1. The molecule has 0 saturated carbocycles. The Morgan fingerprint density at radius 1 is 0.639 bits per heavy atom. The third kappa shape index (κ3) is 4.31. The molecule has 2 nitrogen and oxygen atoms in total. The van der Waals surface area contributed by atoms with Crippen molar-refractivity contribution in [3.63, 3.8) is 0 Å². The van der Waals surface area contributed by atoms with Gasteiger partial charge in [0.15, 0.2) is 0 Å². The van der Waals surface area contributed by atoms with E-state index in [-0.39, 0.29) is 12.0 Å². The van der Waals surface area contributed by atoms with Crippen LogP contribution in [0.1, 0.15) is 12.5 Å². The molecule has 1 rings (SSSR count). The van der Waals surface area contributed by atoms with Gasteiger partial charge in [-0.05, 0) is 24.1 Å². The molecule has 0 radical (unpaired) electrons. The molecule has 0 fully saturated rings. The zero-order valence-corrected chi connectivity index (χ0v) is 16.9. The maximum Gasteiger partial charge on any atom is 0.460 e. The maximum absolute atomic E-state index is 13.9. The van der Waals surface area contributed by atoms with Crippen LogP contribution in [0.25, 0.3) is 0 Å². The van der Waals surface area contributed by atoms with E-state index < -0.39 is 59.2 Å². The van der Waals surface area contributed by atoms with Crippen molar-refractivity contribution in [2.45, 2.75) is 61.0 Å². The second-order valence-corrected chi connectivity index (χ2v) is 7.03. The lowest BCUT2D eigenvalue weighted by Crippen LogP contribution is -2.75. The van der Waals surface area contributed by atoms with Gasteiger partial charge in [0.25, 0.3) is 0 Å². The highest BCUT2D eigenvalue weighted by molar-refractivity contribution is 5.97. The lowest BCUT2D eigenvalue weighted by molar-refractivity contribution is -0.459. The Hall–Kier alpha value is -2.50. The highest BCUT2D eigenvalue weighted by Gasteiger charge is 2.95. The lowest BCUT2D eigenvalue weighted by Gasteiger charge is -2.42. The summed E-state index contributed by atoms with van der Waals surface area (Å²) in [5, 5.41) is 0.848. The van der Waals surface area contributed by atoms with E-state index in [0.29, 0.717) is 6.07 Å². The molecule has 0 heterocycles. The molecule has 36 heavy (non-hydrogen) atoms. The minimum atomic E-state index is -8.74. The minimum Gasteiger partial charge on any atom is -0.321 e. The Morgan fingerprint density at radius 3 is 1.42 bits per heavy atom. The van der Waals surface area contributed by atoms with Crippen LogP contribution in [0.3, 0.4) is 0 Å². The fourth-order valence-corrected chi connectivity index (χ4v) is 2.39. The number of hydrogen-bond donors (Lipinski definition) is 1. The molecule has 208 valence electrons. The molecule has 1 amide bonds. The number of alkyl halides is 17. The smallest absolute Gasteiger partial charge is 0.321 e. The summed E-state index contributed by atoms with van der Waals surface area (Å²) in [4.78, 5) is 11.5. The van der Waals surface area contributed by atoms with Crippen molar-refractivity contribution in [3.8, 4) is 0 Å². The van der Waals surface area contributed by atoms with Gasteiger partial charge in [-0.3, -0.25) is 4.79 Å². The van der Waals surface area contributed by atoms with Gasteiger partial charge in [0, 0.05) is 5.69 Å². The first-order valence-corrected chi connectivity index (χ1v) is 8.80. The van der Waals surface area contributed by atoms with Crippen LogP contribution in [0.5, 0.6) is 0 Å². The van der Waals surface area contributed by atoms with E-state index in [2.05, 4.69) is 0 Å². The van der Waals surface area contributed by atoms with E-state index >= 15 is 0 Å². The van der Waals surface area contributed by atoms with Crippen molar-refractivity contribution in [2.75, 3.05) is 5.32 Å². The summed E-state index contributed by atoms with van der Waals surface area (Å²) in [5.74, 6) is -61.6. The van der Waals surface area contributed by atoms with Crippen molar-refractivity contribution in [3.05, 3.63) is 29.8 Å². The summed E-state index contributed by atoms with van der Waals surface area (Å²) in [5.41, 5.74) is -0.668. The fourth-order valence-electron chi connectivity index (χ4n) is 2.39. The Balaban J connectivity index is 3.57. The molecule has 0 aliphatic heterocycles. The predicted molar refractivity (Wildman–Crippen MR) is 85.1 cm³/mol. The lowest BCUT2D eigenvalue weighted by atomic mass is 9.89. The number of nitrogens with one attached hydrogen (secondary N) is 1. The monoisotopic (exact) mass is 567 g/mol. The highest BCUT2D eigenvalue weighted by atomic mass is 19.4. The second-order valence-electron chi connectivity index (χ2n) is 7.03. The zero-order chi connectivity index (χ0) is 29.0. The Morgan fingerprint density at radius 2 is 1.03 bits per heavy atom. The molecule has 0 aliphatic carbocycles. The number of carbonyl (C=O) groups is 1. The number of hydrogen-bond acceptors (Lipinski definition) is 1. The number of halogens is 17. The normalized spacial score (nSPS) is 15.2. The number of amides is 1. The largest absolute Gasteiger partial charge is 0.460 e. The van der Waals surface area contributed by atoms with Crippen molar-refractivity contribution in [2.24, 2.45) is 0 Å². The number of anilines is 1. The van der Waals surface area contributed by atoms with E-state index in [0.717, 1.165) is 17.4 Å². The molecule has 0 saturated heterocycles. The van der Waals surface area contributed by atoms with Crippen LogP contribution in [-0.4, -0.2) is 53.5 Å². The van der Waals surface area contributed by atoms with Gasteiger partial charge in [-0.25, -0.2) is 0 Å². The van der Waals surface area contributed by atoms with E-state index in [4.69, 9.17) is 0 Å². The molecule has 0 aliphatic rings. The van der Waals surface area contributed by atoms with Gasteiger partial charge in [-0.2, -0.15) is 74.6 Å². The average Bonchev–Trinajstić information content (AvgIpc) is 2.72. The maximum atomic E-state index is 13.9. The summed E-state index contributed by atoms with van der Waals surface area (Å²) < 4.78 is 225. The zero-order valence-electron chi connectivity index (χ0n) is 16.9. The van der Waals surface area contributed by atoms with Gasteiger partial charge in [-0.15, -0.1) is 0 Å². The number of carbonyl (C=O) groups excluding carboxylic acids is 1. The van der Waals surface area contributed by atoms with Crippen molar-refractivity contribution in [1.82, 2.24) is 0 Å². The first-order valence-electron chi connectivity index (χ1n) is 8.80. The fraction of sp³-hybridized carbons (Fsp3) is 0.588. The quantitative estimate of drug-likeness (QED) is 0.315. The van der Waals surface area contributed by atoms with E-state index in [9.17, 15) is 79.4 Å².